The summed E-state index contributed by atoms with van der Waals surface area (Å²) in [5.74, 6) is 3.22. The Balaban J connectivity index is 1.84. The summed E-state index contributed by atoms with van der Waals surface area (Å²) in [6.45, 7) is 0. The lowest BCUT2D eigenvalue weighted by Gasteiger charge is -2.24. The van der Waals surface area contributed by atoms with Crippen molar-refractivity contribution in [2.24, 2.45) is 11.7 Å². The number of rotatable bonds is 3. The molecule has 2 aliphatic rings. The monoisotopic (exact) mass is 179 g/mol. The molecule has 0 radical (unpaired) electrons. The summed E-state index contributed by atoms with van der Waals surface area (Å²) in [6.07, 6.45) is 11.5. The maximum atomic E-state index is 6.08. The molecular formula is C11H17NO. The van der Waals surface area contributed by atoms with Crippen LogP contribution < -0.4 is 5.73 Å². The van der Waals surface area contributed by atoms with Gasteiger partial charge in [0.15, 0.2) is 0 Å². The number of hydrogen-bond donors (Lipinski definition) is 1. The van der Waals surface area contributed by atoms with Gasteiger partial charge in [0.25, 0.3) is 0 Å². The fraction of sp³-hybridized carbons (Fsp3) is 0.818. The standard InChI is InChI=1S/C11H17NO/c1-2-3-4-10(12)9-7-8-5-6-11(9)13-8/h1,8-11H,3-7,12H2. The highest BCUT2D eigenvalue weighted by molar-refractivity contribution is 4.95. The predicted molar refractivity (Wildman–Crippen MR) is 52.0 cm³/mol. The number of terminal acetylenes is 1. The SMILES string of the molecule is C#CCCC(N)C1CC2CCC1O2. The highest BCUT2D eigenvalue weighted by atomic mass is 16.5. The minimum Gasteiger partial charge on any atom is -0.375 e. The molecule has 0 aromatic carbocycles. The lowest BCUT2D eigenvalue weighted by atomic mass is 9.82. The van der Waals surface area contributed by atoms with Crippen LogP contribution in [0.4, 0.5) is 0 Å². The van der Waals surface area contributed by atoms with Gasteiger partial charge in [-0.05, 0) is 25.7 Å². The molecule has 2 aliphatic heterocycles. The summed E-state index contributed by atoms with van der Waals surface area (Å²) in [7, 11) is 0. The minimum atomic E-state index is 0.256. The zero-order chi connectivity index (χ0) is 9.26. The Bertz CT molecular complexity index is 221. The summed E-state index contributed by atoms with van der Waals surface area (Å²) in [6, 6.07) is 0.256. The van der Waals surface area contributed by atoms with Crippen molar-refractivity contribution in [3.8, 4) is 12.3 Å². The average Bonchev–Trinajstić information content (AvgIpc) is 2.74. The van der Waals surface area contributed by atoms with Crippen molar-refractivity contribution in [2.45, 2.75) is 50.4 Å². The Morgan fingerprint density at radius 3 is 2.92 bits per heavy atom. The number of hydrogen-bond acceptors (Lipinski definition) is 2. The maximum absolute atomic E-state index is 6.08. The van der Waals surface area contributed by atoms with E-state index in [2.05, 4.69) is 5.92 Å². The van der Waals surface area contributed by atoms with E-state index in [1.165, 1.54) is 12.8 Å². The number of nitrogens with two attached hydrogens (primary N) is 1. The van der Waals surface area contributed by atoms with Gasteiger partial charge >= 0.3 is 0 Å². The summed E-state index contributed by atoms with van der Waals surface area (Å²) < 4.78 is 5.75. The van der Waals surface area contributed by atoms with Crippen LogP contribution in [0.2, 0.25) is 0 Å². The highest BCUT2D eigenvalue weighted by Gasteiger charge is 2.42. The Morgan fingerprint density at radius 1 is 1.54 bits per heavy atom. The number of ether oxygens (including phenoxy) is 1. The van der Waals surface area contributed by atoms with Crippen molar-refractivity contribution in [2.75, 3.05) is 0 Å². The van der Waals surface area contributed by atoms with Crippen LogP contribution >= 0.6 is 0 Å². The third-order valence-corrected chi connectivity index (χ3v) is 3.32. The fourth-order valence-electron chi connectivity index (χ4n) is 2.59. The van der Waals surface area contributed by atoms with Gasteiger partial charge in [-0.25, -0.2) is 0 Å². The van der Waals surface area contributed by atoms with Gasteiger partial charge < -0.3 is 10.5 Å². The van der Waals surface area contributed by atoms with E-state index in [1.54, 1.807) is 0 Å². The van der Waals surface area contributed by atoms with Gasteiger partial charge in [0.2, 0.25) is 0 Å². The fourth-order valence-corrected chi connectivity index (χ4v) is 2.59. The second-order valence-corrected chi connectivity index (χ2v) is 4.18. The normalized spacial score (nSPS) is 38.9. The van der Waals surface area contributed by atoms with Gasteiger partial charge in [-0.3, -0.25) is 0 Å². The smallest absolute Gasteiger partial charge is 0.0623 e. The third kappa shape index (κ3) is 1.72. The Labute approximate surface area is 79.8 Å². The number of fused-ring (bicyclic) bond motifs is 2. The molecule has 2 heteroatoms. The molecule has 2 heterocycles. The lowest BCUT2D eigenvalue weighted by Crippen LogP contribution is -2.36. The molecule has 0 aliphatic carbocycles. The van der Waals surface area contributed by atoms with Crippen LogP contribution in [0.15, 0.2) is 0 Å². The molecule has 72 valence electrons. The van der Waals surface area contributed by atoms with E-state index in [4.69, 9.17) is 16.9 Å². The lowest BCUT2D eigenvalue weighted by molar-refractivity contribution is 0.0880. The highest BCUT2D eigenvalue weighted by Crippen LogP contribution is 2.40. The largest absolute Gasteiger partial charge is 0.375 e. The van der Waals surface area contributed by atoms with Crippen LogP contribution in [0.5, 0.6) is 0 Å². The molecule has 13 heavy (non-hydrogen) atoms. The summed E-state index contributed by atoms with van der Waals surface area (Å²) in [5.41, 5.74) is 6.08. The molecule has 2 bridgehead atoms. The maximum Gasteiger partial charge on any atom is 0.0623 e. The molecular weight excluding hydrogens is 162 g/mol. The Kier molecular flexibility index (Phi) is 2.57. The molecule has 2 N–H and O–H groups in total. The van der Waals surface area contributed by atoms with Gasteiger partial charge in [-0.2, -0.15) is 0 Å². The summed E-state index contributed by atoms with van der Waals surface area (Å²) in [5, 5.41) is 0. The van der Waals surface area contributed by atoms with Crippen molar-refractivity contribution >= 4 is 0 Å². The zero-order valence-corrected chi connectivity index (χ0v) is 7.91. The van der Waals surface area contributed by atoms with Crippen molar-refractivity contribution in [3.05, 3.63) is 0 Å². The van der Waals surface area contributed by atoms with E-state index < -0.39 is 0 Å². The van der Waals surface area contributed by atoms with E-state index in [9.17, 15) is 0 Å². The van der Waals surface area contributed by atoms with Crippen LogP contribution in [0.1, 0.15) is 32.1 Å². The second kappa shape index (κ2) is 3.69. The van der Waals surface area contributed by atoms with Gasteiger partial charge in [-0.15, -0.1) is 12.3 Å². The van der Waals surface area contributed by atoms with Crippen LogP contribution in [0.3, 0.4) is 0 Å². The molecule has 2 nitrogen and oxygen atoms in total. The predicted octanol–water partition coefficient (Wildman–Crippen LogP) is 1.29. The summed E-state index contributed by atoms with van der Waals surface area (Å²) in [4.78, 5) is 0. The zero-order valence-electron chi connectivity index (χ0n) is 7.91. The topological polar surface area (TPSA) is 35.2 Å². The summed E-state index contributed by atoms with van der Waals surface area (Å²) >= 11 is 0. The van der Waals surface area contributed by atoms with E-state index in [-0.39, 0.29) is 6.04 Å². The molecule has 4 unspecified atom stereocenters. The first-order valence-corrected chi connectivity index (χ1v) is 5.15. The molecule has 2 saturated heterocycles. The van der Waals surface area contributed by atoms with Gasteiger partial charge in [-0.1, -0.05) is 0 Å². The van der Waals surface area contributed by atoms with Crippen LogP contribution in [0.25, 0.3) is 0 Å². The quantitative estimate of drug-likeness (QED) is 0.663. The molecule has 2 fully saturated rings. The first-order chi connectivity index (χ1) is 6.31. The molecule has 0 aromatic rings. The van der Waals surface area contributed by atoms with Gasteiger partial charge in [0, 0.05) is 18.4 Å². The minimum absolute atomic E-state index is 0.256. The van der Waals surface area contributed by atoms with Crippen molar-refractivity contribution in [1.29, 1.82) is 0 Å². The molecule has 2 rings (SSSR count). The van der Waals surface area contributed by atoms with Crippen LogP contribution in [0, 0.1) is 18.3 Å². The van der Waals surface area contributed by atoms with E-state index >= 15 is 0 Å². The van der Waals surface area contributed by atoms with Gasteiger partial charge in [0.05, 0.1) is 12.2 Å². The van der Waals surface area contributed by atoms with Crippen molar-refractivity contribution in [3.63, 3.8) is 0 Å². The Morgan fingerprint density at radius 2 is 2.38 bits per heavy atom. The van der Waals surface area contributed by atoms with E-state index in [0.717, 1.165) is 19.3 Å². The molecule has 0 spiro atoms. The van der Waals surface area contributed by atoms with Crippen molar-refractivity contribution in [1.82, 2.24) is 0 Å². The molecule has 0 amide bonds. The van der Waals surface area contributed by atoms with E-state index in [1.807, 2.05) is 0 Å². The average molecular weight is 179 g/mol. The molecule has 0 saturated carbocycles. The second-order valence-electron chi connectivity index (χ2n) is 4.18. The molecule has 4 atom stereocenters. The van der Waals surface area contributed by atoms with Gasteiger partial charge in [0.1, 0.15) is 0 Å². The van der Waals surface area contributed by atoms with Crippen LogP contribution in [-0.2, 0) is 4.74 Å². The van der Waals surface area contributed by atoms with E-state index in [0.29, 0.717) is 18.1 Å². The third-order valence-electron chi connectivity index (χ3n) is 3.32. The molecule has 0 aromatic heterocycles. The Hall–Kier alpha value is -0.520. The van der Waals surface area contributed by atoms with Crippen LogP contribution in [-0.4, -0.2) is 18.2 Å². The first-order valence-electron chi connectivity index (χ1n) is 5.15. The van der Waals surface area contributed by atoms with Crippen molar-refractivity contribution < 1.29 is 4.74 Å². The first kappa shape index (κ1) is 9.05.